The Balaban J connectivity index is 1.37. The molecule has 2 aromatic heterocycles. The van der Waals surface area contributed by atoms with E-state index in [9.17, 15) is 18.0 Å². The minimum absolute atomic E-state index is 0.0271. The number of rotatable bonds is 8. The molecule has 0 spiro atoms. The first kappa shape index (κ1) is 21.3. The molecule has 4 rings (SSSR count). The standard InChI is InChI=1S/C22H24F3N5O/c23-22(24,25)21(5-6-21)18(15-2-1-7-27-11-15)10-20(31)28-13-17(26)9-14-3-4-19-16(8-14)12-29-30-19/h1-4,7-8,11-12,17-18H,5-6,9-10,13,26H2,(H,28,31)(H,29,30)/t17-,18-/m0/s1. The highest BCUT2D eigenvalue weighted by Crippen LogP contribution is 2.66. The lowest BCUT2D eigenvalue weighted by molar-refractivity contribution is -0.194. The first-order chi connectivity index (χ1) is 14.8. The van der Waals surface area contributed by atoms with Gasteiger partial charge < -0.3 is 11.1 Å². The molecule has 1 fully saturated rings. The van der Waals surface area contributed by atoms with Crippen LogP contribution in [0.3, 0.4) is 0 Å². The molecule has 1 aliphatic carbocycles. The Kier molecular flexibility index (Phi) is 5.70. The van der Waals surface area contributed by atoms with E-state index in [0.717, 1.165) is 16.5 Å². The average molecular weight is 431 g/mol. The molecule has 0 unspecified atom stereocenters. The fraction of sp³-hybridized carbons (Fsp3) is 0.409. The zero-order valence-corrected chi connectivity index (χ0v) is 16.8. The van der Waals surface area contributed by atoms with Crippen LogP contribution in [-0.4, -0.2) is 39.9 Å². The van der Waals surface area contributed by atoms with E-state index < -0.39 is 23.4 Å². The minimum atomic E-state index is -4.37. The van der Waals surface area contributed by atoms with Crippen molar-refractivity contribution in [2.45, 2.75) is 43.8 Å². The molecule has 0 radical (unpaired) electrons. The van der Waals surface area contributed by atoms with Gasteiger partial charge in [0.1, 0.15) is 0 Å². The highest BCUT2D eigenvalue weighted by molar-refractivity contribution is 5.78. The number of amides is 1. The summed E-state index contributed by atoms with van der Waals surface area (Å²) in [6.45, 7) is 0.182. The maximum Gasteiger partial charge on any atom is 0.395 e. The number of carbonyl (C=O) groups excluding carboxylic acids is 1. The number of benzene rings is 1. The zero-order chi connectivity index (χ0) is 22.1. The molecular formula is C22H24F3N5O. The van der Waals surface area contributed by atoms with Crippen molar-refractivity contribution in [3.63, 3.8) is 0 Å². The summed E-state index contributed by atoms with van der Waals surface area (Å²) < 4.78 is 41.2. The number of fused-ring (bicyclic) bond motifs is 1. The van der Waals surface area contributed by atoms with Gasteiger partial charge in [-0.15, -0.1) is 0 Å². The van der Waals surface area contributed by atoms with Crippen molar-refractivity contribution >= 4 is 16.8 Å². The number of carbonyl (C=O) groups is 1. The van der Waals surface area contributed by atoms with Crippen molar-refractivity contribution < 1.29 is 18.0 Å². The molecule has 2 atom stereocenters. The Hall–Kier alpha value is -2.94. The third-order valence-corrected chi connectivity index (χ3v) is 6.06. The van der Waals surface area contributed by atoms with E-state index in [4.69, 9.17) is 5.73 Å². The topological polar surface area (TPSA) is 96.7 Å². The highest BCUT2D eigenvalue weighted by Gasteiger charge is 2.67. The molecule has 31 heavy (non-hydrogen) atoms. The monoisotopic (exact) mass is 431 g/mol. The lowest BCUT2D eigenvalue weighted by Crippen LogP contribution is -2.40. The van der Waals surface area contributed by atoms with Crippen LogP contribution in [0.1, 0.15) is 36.3 Å². The summed E-state index contributed by atoms with van der Waals surface area (Å²) in [6, 6.07) is 8.66. The number of alkyl halides is 3. The SMILES string of the molecule is N[C@H](CNC(=O)C[C@@H](c1cccnc1)C1(C(F)(F)F)CC1)Cc1ccc2[nH]ncc2c1. The van der Waals surface area contributed by atoms with E-state index in [0.29, 0.717) is 12.0 Å². The van der Waals surface area contributed by atoms with E-state index in [1.54, 1.807) is 18.3 Å². The molecule has 0 saturated heterocycles. The van der Waals surface area contributed by atoms with Gasteiger partial charge >= 0.3 is 6.18 Å². The molecular weight excluding hydrogens is 407 g/mol. The number of H-pyrrole nitrogens is 1. The summed E-state index contributed by atoms with van der Waals surface area (Å²) in [4.78, 5) is 16.5. The van der Waals surface area contributed by atoms with Crippen molar-refractivity contribution in [3.8, 4) is 0 Å². The molecule has 1 saturated carbocycles. The smallest absolute Gasteiger partial charge is 0.355 e. The molecule has 1 amide bonds. The molecule has 4 N–H and O–H groups in total. The van der Waals surface area contributed by atoms with Gasteiger partial charge in [-0.1, -0.05) is 12.1 Å². The van der Waals surface area contributed by atoms with Crippen molar-refractivity contribution in [1.29, 1.82) is 0 Å². The van der Waals surface area contributed by atoms with Crippen LogP contribution in [0.4, 0.5) is 13.2 Å². The third-order valence-electron chi connectivity index (χ3n) is 6.06. The van der Waals surface area contributed by atoms with Crippen molar-refractivity contribution in [2.24, 2.45) is 11.1 Å². The second-order valence-corrected chi connectivity index (χ2v) is 8.26. The van der Waals surface area contributed by atoms with Gasteiger partial charge in [-0.2, -0.15) is 18.3 Å². The van der Waals surface area contributed by atoms with Gasteiger partial charge in [0, 0.05) is 42.7 Å². The first-order valence-corrected chi connectivity index (χ1v) is 10.2. The quantitative estimate of drug-likeness (QED) is 0.509. The second-order valence-electron chi connectivity index (χ2n) is 8.26. The summed E-state index contributed by atoms with van der Waals surface area (Å²) in [6.07, 6.45) is 0.613. The summed E-state index contributed by atoms with van der Waals surface area (Å²) in [5.41, 5.74) is 6.66. The number of nitrogens with zero attached hydrogens (tertiary/aromatic N) is 2. The number of aromatic nitrogens is 3. The minimum Gasteiger partial charge on any atom is -0.355 e. The molecule has 0 aliphatic heterocycles. The Labute approximate surface area is 177 Å². The fourth-order valence-corrected chi connectivity index (χ4v) is 4.18. The van der Waals surface area contributed by atoms with Crippen molar-refractivity contribution in [1.82, 2.24) is 20.5 Å². The molecule has 3 aromatic rings. The molecule has 2 heterocycles. The van der Waals surface area contributed by atoms with Crippen LogP contribution in [0.15, 0.2) is 48.9 Å². The molecule has 1 aromatic carbocycles. The first-order valence-electron chi connectivity index (χ1n) is 10.2. The van der Waals surface area contributed by atoms with Crippen LogP contribution >= 0.6 is 0 Å². The number of hydrogen-bond donors (Lipinski definition) is 3. The predicted octanol–water partition coefficient (Wildman–Crippen LogP) is 3.46. The van der Waals surface area contributed by atoms with E-state index in [-0.39, 0.29) is 31.8 Å². The van der Waals surface area contributed by atoms with E-state index in [1.165, 1.54) is 12.4 Å². The van der Waals surface area contributed by atoms with Gasteiger partial charge in [-0.05, 0) is 48.6 Å². The van der Waals surface area contributed by atoms with Crippen LogP contribution < -0.4 is 11.1 Å². The number of nitrogens with two attached hydrogens (primary N) is 1. The van der Waals surface area contributed by atoms with Crippen LogP contribution in [0, 0.1) is 5.41 Å². The molecule has 1 aliphatic rings. The van der Waals surface area contributed by atoms with Crippen LogP contribution in [0.5, 0.6) is 0 Å². The third kappa shape index (κ3) is 4.56. The summed E-state index contributed by atoms with van der Waals surface area (Å²) in [7, 11) is 0. The second kappa shape index (κ2) is 8.30. The Morgan fingerprint density at radius 1 is 1.26 bits per heavy atom. The van der Waals surface area contributed by atoms with E-state index in [2.05, 4.69) is 20.5 Å². The van der Waals surface area contributed by atoms with Gasteiger partial charge in [0.25, 0.3) is 0 Å². The Morgan fingerprint density at radius 3 is 2.74 bits per heavy atom. The lowest BCUT2D eigenvalue weighted by Gasteiger charge is -2.29. The number of nitrogens with one attached hydrogen (secondary N) is 2. The van der Waals surface area contributed by atoms with E-state index in [1.807, 2.05) is 18.2 Å². The molecule has 6 nitrogen and oxygen atoms in total. The van der Waals surface area contributed by atoms with Crippen LogP contribution in [-0.2, 0) is 11.2 Å². The Morgan fingerprint density at radius 2 is 2.06 bits per heavy atom. The maximum atomic E-state index is 13.7. The lowest BCUT2D eigenvalue weighted by atomic mass is 9.80. The summed E-state index contributed by atoms with van der Waals surface area (Å²) >= 11 is 0. The maximum absolute atomic E-state index is 13.7. The fourth-order valence-electron chi connectivity index (χ4n) is 4.18. The number of halogens is 3. The van der Waals surface area contributed by atoms with Gasteiger partial charge in [-0.25, -0.2) is 0 Å². The molecule has 0 bridgehead atoms. The highest BCUT2D eigenvalue weighted by atomic mass is 19.4. The largest absolute Gasteiger partial charge is 0.395 e. The van der Waals surface area contributed by atoms with E-state index >= 15 is 0 Å². The molecule has 164 valence electrons. The van der Waals surface area contributed by atoms with Crippen molar-refractivity contribution in [2.75, 3.05) is 6.54 Å². The Bertz CT molecular complexity index is 1050. The predicted molar refractivity (Wildman–Crippen MR) is 110 cm³/mol. The summed E-state index contributed by atoms with van der Waals surface area (Å²) in [5.74, 6) is -1.40. The average Bonchev–Trinajstić information content (AvgIpc) is 3.43. The van der Waals surface area contributed by atoms with Crippen LogP contribution in [0.2, 0.25) is 0 Å². The van der Waals surface area contributed by atoms with Gasteiger partial charge in [0.15, 0.2) is 0 Å². The number of aromatic amines is 1. The zero-order valence-electron chi connectivity index (χ0n) is 16.8. The van der Waals surface area contributed by atoms with Gasteiger partial charge in [0.2, 0.25) is 5.91 Å². The summed E-state index contributed by atoms with van der Waals surface area (Å²) in [5, 5.41) is 10.5. The van der Waals surface area contributed by atoms with Crippen LogP contribution in [0.25, 0.3) is 10.9 Å². The number of pyridine rings is 1. The van der Waals surface area contributed by atoms with Gasteiger partial charge in [0.05, 0.1) is 17.1 Å². The van der Waals surface area contributed by atoms with Gasteiger partial charge in [-0.3, -0.25) is 14.9 Å². The normalized spacial score (nSPS) is 17.3. The number of hydrogen-bond acceptors (Lipinski definition) is 4. The van der Waals surface area contributed by atoms with Crippen molar-refractivity contribution in [3.05, 3.63) is 60.0 Å². The molecule has 9 heteroatoms.